The Balaban J connectivity index is 2.59. The summed E-state index contributed by atoms with van der Waals surface area (Å²) < 4.78 is 10.9. The van der Waals surface area contributed by atoms with Crippen LogP contribution in [0.4, 0.5) is 4.79 Å². The number of carbonyl (C=O) groups excluding carboxylic acids is 5. The van der Waals surface area contributed by atoms with Crippen LogP contribution in [0, 0.1) is 26.3 Å². The Morgan fingerprint density at radius 1 is 0.870 bits per heavy atom. The minimum Gasteiger partial charge on any atom is -0.458 e. The van der Waals surface area contributed by atoms with Crippen LogP contribution >= 0.6 is 0 Å². The molecule has 0 aliphatic heterocycles. The SMILES string of the molecule is C#CN(C(=O)C(CCC(N)=O)NC(=O)OC(C)(C)C)C(C(=O)NC(Cc1ccccc1)C(=O)OC(C)(C)C)c1ccc(C)c(C)c1. The lowest BCUT2D eigenvalue weighted by Gasteiger charge is -2.32. The molecule has 0 saturated carbocycles. The van der Waals surface area contributed by atoms with Gasteiger partial charge >= 0.3 is 12.1 Å². The summed E-state index contributed by atoms with van der Waals surface area (Å²) >= 11 is 0. The van der Waals surface area contributed by atoms with Gasteiger partial charge in [0.1, 0.15) is 29.3 Å². The lowest BCUT2D eigenvalue weighted by atomic mass is 9.97. The number of rotatable bonds is 12. The van der Waals surface area contributed by atoms with Crippen molar-refractivity contribution in [2.24, 2.45) is 5.73 Å². The Labute approximate surface area is 271 Å². The van der Waals surface area contributed by atoms with E-state index in [0.717, 1.165) is 21.6 Å². The van der Waals surface area contributed by atoms with Crippen LogP contribution in [0.2, 0.25) is 0 Å². The largest absolute Gasteiger partial charge is 0.458 e. The molecule has 0 saturated heterocycles. The van der Waals surface area contributed by atoms with Gasteiger partial charge in [-0.15, -0.1) is 0 Å². The van der Waals surface area contributed by atoms with Gasteiger partial charge in [0.2, 0.25) is 11.8 Å². The summed E-state index contributed by atoms with van der Waals surface area (Å²) in [5.74, 6) is -2.99. The zero-order chi connectivity index (χ0) is 34.8. The molecule has 3 atom stereocenters. The average Bonchev–Trinajstić information content (AvgIpc) is 2.93. The van der Waals surface area contributed by atoms with Crippen molar-refractivity contribution in [2.75, 3.05) is 0 Å². The number of nitrogens with zero attached hydrogens (tertiary/aromatic N) is 1. The van der Waals surface area contributed by atoms with Crippen molar-refractivity contribution in [1.29, 1.82) is 0 Å². The summed E-state index contributed by atoms with van der Waals surface area (Å²) in [7, 11) is 0. The van der Waals surface area contributed by atoms with Gasteiger partial charge in [0.25, 0.3) is 5.91 Å². The molecule has 0 aliphatic rings. The van der Waals surface area contributed by atoms with E-state index >= 15 is 0 Å². The summed E-state index contributed by atoms with van der Waals surface area (Å²) in [4.78, 5) is 66.8. The van der Waals surface area contributed by atoms with Gasteiger partial charge in [0.15, 0.2) is 0 Å². The van der Waals surface area contributed by atoms with E-state index in [1.165, 1.54) is 0 Å². The smallest absolute Gasteiger partial charge is 0.408 e. The van der Waals surface area contributed by atoms with Gasteiger partial charge in [-0.1, -0.05) is 55.0 Å². The fraction of sp³-hybridized carbons (Fsp3) is 0.457. The second-order valence-corrected chi connectivity index (χ2v) is 13.1. The number of primary amides is 1. The predicted molar refractivity (Wildman–Crippen MR) is 174 cm³/mol. The van der Waals surface area contributed by atoms with Gasteiger partial charge < -0.3 is 25.8 Å². The van der Waals surface area contributed by atoms with Crippen LogP contribution in [0.5, 0.6) is 0 Å². The Kier molecular flexibility index (Phi) is 12.9. The monoisotopic (exact) mass is 634 g/mol. The number of hydrogen-bond donors (Lipinski definition) is 3. The molecule has 0 radical (unpaired) electrons. The third kappa shape index (κ3) is 11.9. The third-order valence-corrected chi connectivity index (χ3v) is 6.69. The van der Waals surface area contributed by atoms with E-state index in [1.54, 1.807) is 59.7 Å². The molecule has 0 spiro atoms. The minimum atomic E-state index is -1.44. The standard InChI is InChI=1S/C35H46N4O7/c1-10-39(31(42)26(18-19-28(36)40)38-33(44)46-35(7,8)9)29(25-17-16-22(2)23(3)20-25)30(41)37-27(32(43)45-34(4,5)6)21-24-14-12-11-13-15-24/h1,11-17,20,26-27,29H,18-19,21H2,2-9H3,(H2,36,40)(H,37,41)(H,38,44). The van der Waals surface area contributed by atoms with Crippen molar-refractivity contribution in [3.8, 4) is 12.5 Å². The molecule has 0 fully saturated rings. The molecule has 11 heteroatoms. The molecular weight excluding hydrogens is 588 g/mol. The highest BCUT2D eigenvalue weighted by Gasteiger charge is 2.38. The molecule has 3 unspecified atom stereocenters. The number of alkyl carbamates (subject to hydrolysis) is 1. The van der Waals surface area contributed by atoms with E-state index in [4.69, 9.17) is 21.6 Å². The first-order chi connectivity index (χ1) is 21.3. The Hall–Kier alpha value is -4.85. The molecule has 11 nitrogen and oxygen atoms in total. The number of nitrogens with two attached hydrogens (primary N) is 1. The third-order valence-electron chi connectivity index (χ3n) is 6.69. The Morgan fingerprint density at radius 2 is 1.48 bits per heavy atom. The topological polar surface area (TPSA) is 157 Å². The maximum absolute atomic E-state index is 14.2. The molecule has 0 aromatic heterocycles. The first kappa shape index (κ1) is 37.3. The molecule has 0 heterocycles. The fourth-order valence-electron chi connectivity index (χ4n) is 4.45. The molecule has 2 aromatic rings. The summed E-state index contributed by atoms with van der Waals surface area (Å²) in [6.07, 6.45) is 4.60. The number of hydrogen-bond acceptors (Lipinski definition) is 7. The van der Waals surface area contributed by atoms with Crippen LogP contribution < -0.4 is 16.4 Å². The van der Waals surface area contributed by atoms with Crippen LogP contribution in [-0.4, -0.2) is 58.0 Å². The van der Waals surface area contributed by atoms with Crippen molar-refractivity contribution >= 4 is 29.8 Å². The lowest BCUT2D eigenvalue weighted by Crippen LogP contribution is -2.54. The summed E-state index contributed by atoms with van der Waals surface area (Å²) in [5.41, 5.74) is 6.50. The first-order valence-corrected chi connectivity index (χ1v) is 15.0. The van der Waals surface area contributed by atoms with Crippen LogP contribution in [0.1, 0.15) is 82.7 Å². The highest BCUT2D eigenvalue weighted by Crippen LogP contribution is 2.26. The van der Waals surface area contributed by atoms with Gasteiger partial charge in [-0.05, 0) is 84.1 Å². The molecule has 46 heavy (non-hydrogen) atoms. The van der Waals surface area contributed by atoms with Gasteiger partial charge in [-0.2, -0.15) is 0 Å². The van der Waals surface area contributed by atoms with Crippen LogP contribution in [-0.2, 0) is 35.1 Å². The fourth-order valence-corrected chi connectivity index (χ4v) is 4.45. The molecular formula is C35H46N4O7. The van der Waals surface area contributed by atoms with E-state index in [0.29, 0.717) is 5.56 Å². The highest BCUT2D eigenvalue weighted by molar-refractivity contribution is 5.95. The van der Waals surface area contributed by atoms with Crippen LogP contribution in [0.3, 0.4) is 0 Å². The minimum absolute atomic E-state index is 0.104. The Bertz CT molecular complexity index is 1450. The maximum Gasteiger partial charge on any atom is 0.408 e. The molecule has 248 valence electrons. The predicted octanol–water partition coefficient (Wildman–Crippen LogP) is 3.99. The summed E-state index contributed by atoms with van der Waals surface area (Å²) in [6, 6.07) is 12.6. The zero-order valence-electron chi connectivity index (χ0n) is 27.9. The molecule has 0 aliphatic carbocycles. The second-order valence-electron chi connectivity index (χ2n) is 13.1. The van der Waals surface area contributed by atoms with E-state index in [9.17, 15) is 24.0 Å². The van der Waals surface area contributed by atoms with Crippen LogP contribution in [0.25, 0.3) is 0 Å². The normalized spacial score (nSPS) is 13.3. The van der Waals surface area contributed by atoms with Crippen molar-refractivity contribution in [2.45, 2.75) is 104 Å². The number of ether oxygens (including phenoxy) is 2. The van der Waals surface area contributed by atoms with E-state index < -0.39 is 59.1 Å². The quantitative estimate of drug-likeness (QED) is 0.181. The van der Waals surface area contributed by atoms with Crippen molar-refractivity contribution < 1.29 is 33.4 Å². The molecule has 2 rings (SSSR count). The number of amides is 4. The molecule has 4 N–H and O–H groups in total. The molecule has 4 amide bonds. The highest BCUT2D eigenvalue weighted by atomic mass is 16.6. The van der Waals surface area contributed by atoms with Gasteiger partial charge in [0, 0.05) is 18.9 Å². The Morgan fingerprint density at radius 3 is 2.00 bits per heavy atom. The molecule has 0 bridgehead atoms. The average molecular weight is 635 g/mol. The number of nitrogens with one attached hydrogen (secondary N) is 2. The van der Waals surface area contributed by atoms with E-state index in [1.807, 2.05) is 44.2 Å². The molecule has 2 aromatic carbocycles. The van der Waals surface area contributed by atoms with E-state index in [-0.39, 0.29) is 19.3 Å². The van der Waals surface area contributed by atoms with Crippen molar-refractivity contribution in [1.82, 2.24) is 15.5 Å². The van der Waals surface area contributed by atoms with Gasteiger partial charge in [-0.25, -0.2) is 9.59 Å². The maximum atomic E-state index is 14.2. The number of esters is 1. The number of benzene rings is 2. The number of carbonyl (C=O) groups is 5. The van der Waals surface area contributed by atoms with Gasteiger partial charge in [-0.3, -0.25) is 19.3 Å². The lowest BCUT2D eigenvalue weighted by molar-refractivity contribution is -0.159. The second kappa shape index (κ2) is 15.9. The zero-order valence-corrected chi connectivity index (χ0v) is 27.9. The van der Waals surface area contributed by atoms with Crippen molar-refractivity contribution in [3.63, 3.8) is 0 Å². The van der Waals surface area contributed by atoms with Crippen LogP contribution in [0.15, 0.2) is 48.5 Å². The van der Waals surface area contributed by atoms with E-state index in [2.05, 4.69) is 16.7 Å². The summed E-state index contributed by atoms with van der Waals surface area (Å²) in [5, 5.41) is 5.23. The summed E-state index contributed by atoms with van der Waals surface area (Å²) in [6.45, 7) is 13.8. The van der Waals surface area contributed by atoms with Crippen molar-refractivity contribution in [3.05, 3.63) is 70.8 Å². The number of aryl methyl sites for hydroxylation is 2. The number of terminal acetylenes is 1. The first-order valence-electron chi connectivity index (χ1n) is 15.0. The van der Waals surface area contributed by atoms with Gasteiger partial charge in [0.05, 0.1) is 0 Å².